The number of aromatic carboxylic acids is 1. The number of carbonyl (C=O) groups is 1. The number of aromatic nitrogens is 4. The van der Waals surface area contributed by atoms with Gasteiger partial charge in [0.25, 0.3) is 0 Å². The Hall–Kier alpha value is -2.48. The summed E-state index contributed by atoms with van der Waals surface area (Å²) in [6, 6.07) is 4.02. The molecule has 110 valence electrons. The van der Waals surface area contributed by atoms with Crippen LogP contribution >= 0.6 is 0 Å². The number of nitrogens with zero attached hydrogens (tertiary/aromatic N) is 5. The zero-order chi connectivity index (χ0) is 14.8. The lowest BCUT2D eigenvalue weighted by molar-refractivity contribution is 0.0690. The first-order valence-corrected chi connectivity index (χ1v) is 6.52. The zero-order valence-electron chi connectivity index (χ0n) is 11.5. The largest absolute Gasteiger partial charge is 0.481 e. The zero-order valence-corrected chi connectivity index (χ0v) is 11.5. The number of likely N-dealkylation sites (tertiary alicyclic amines) is 1. The first-order chi connectivity index (χ1) is 10.2. The van der Waals surface area contributed by atoms with Crippen molar-refractivity contribution >= 4 is 5.97 Å². The third-order valence-corrected chi connectivity index (χ3v) is 3.48. The summed E-state index contributed by atoms with van der Waals surface area (Å²) in [6.07, 6.45) is 3.17. The van der Waals surface area contributed by atoms with Crippen LogP contribution in [-0.2, 0) is 6.54 Å². The number of rotatable bonds is 5. The van der Waals surface area contributed by atoms with E-state index in [1.54, 1.807) is 18.0 Å². The van der Waals surface area contributed by atoms with Crippen LogP contribution < -0.4 is 4.74 Å². The molecule has 1 aliphatic heterocycles. The van der Waals surface area contributed by atoms with E-state index in [1.807, 2.05) is 12.1 Å². The fourth-order valence-electron chi connectivity index (χ4n) is 2.36. The smallest absolute Gasteiger partial charge is 0.358 e. The molecule has 0 atom stereocenters. The standard InChI is InChI=1S/C13H15N5O3/c1-21-12-9(3-2-4-14-12)5-17-6-10(7-17)18-8-11(13(19)20)15-16-18/h2-4,8,10H,5-7H2,1H3,(H,19,20). The van der Waals surface area contributed by atoms with E-state index in [2.05, 4.69) is 20.2 Å². The highest BCUT2D eigenvalue weighted by Gasteiger charge is 2.30. The van der Waals surface area contributed by atoms with Crippen molar-refractivity contribution in [1.82, 2.24) is 24.9 Å². The molecule has 0 bridgehead atoms. The van der Waals surface area contributed by atoms with E-state index >= 15 is 0 Å². The number of hydrogen-bond donors (Lipinski definition) is 1. The first kappa shape index (κ1) is 13.5. The summed E-state index contributed by atoms with van der Waals surface area (Å²) in [7, 11) is 1.60. The fourth-order valence-corrected chi connectivity index (χ4v) is 2.36. The number of carboxylic acids is 1. The van der Waals surface area contributed by atoms with Gasteiger partial charge in [0.05, 0.1) is 19.3 Å². The van der Waals surface area contributed by atoms with Gasteiger partial charge in [0.2, 0.25) is 5.88 Å². The molecule has 8 nitrogen and oxygen atoms in total. The molecule has 0 radical (unpaired) electrons. The van der Waals surface area contributed by atoms with E-state index in [0.717, 1.165) is 25.2 Å². The lowest BCUT2D eigenvalue weighted by Gasteiger charge is -2.38. The minimum atomic E-state index is -1.06. The van der Waals surface area contributed by atoms with E-state index < -0.39 is 5.97 Å². The van der Waals surface area contributed by atoms with Crippen molar-refractivity contribution in [3.8, 4) is 5.88 Å². The van der Waals surface area contributed by atoms with E-state index in [-0.39, 0.29) is 11.7 Å². The molecule has 0 aromatic carbocycles. The molecule has 1 saturated heterocycles. The van der Waals surface area contributed by atoms with Gasteiger partial charge in [-0.2, -0.15) is 0 Å². The Morgan fingerprint density at radius 1 is 1.52 bits per heavy atom. The minimum absolute atomic E-state index is 0.0256. The van der Waals surface area contributed by atoms with Crippen molar-refractivity contribution in [1.29, 1.82) is 0 Å². The molecule has 0 saturated carbocycles. The maximum atomic E-state index is 10.8. The molecule has 0 amide bonds. The van der Waals surface area contributed by atoms with Gasteiger partial charge in [-0.1, -0.05) is 11.3 Å². The van der Waals surface area contributed by atoms with E-state index in [4.69, 9.17) is 9.84 Å². The van der Waals surface area contributed by atoms with Crippen LogP contribution in [0.15, 0.2) is 24.5 Å². The average Bonchev–Trinajstić information content (AvgIpc) is 2.92. The predicted molar refractivity (Wildman–Crippen MR) is 72.1 cm³/mol. The summed E-state index contributed by atoms with van der Waals surface area (Å²) >= 11 is 0. The van der Waals surface area contributed by atoms with Crippen LogP contribution in [0.5, 0.6) is 5.88 Å². The van der Waals surface area contributed by atoms with Gasteiger partial charge in [-0.25, -0.2) is 14.5 Å². The second-order valence-corrected chi connectivity index (χ2v) is 4.91. The van der Waals surface area contributed by atoms with E-state index in [0.29, 0.717) is 5.88 Å². The van der Waals surface area contributed by atoms with Gasteiger partial charge in [-0.05, 0) is 6.07 Å². The molecule has 3 heterocycles. The Balaban J connectivity index is 1.59. The molecule has 8 heteroatoms. The highest BCUT2D eigenvalue weighted by atomic mass is 16.5. The Morgan fingerprint density at radius 3 is 3.00 bits per heavy atom. The maximum Gasteiger partial charge on any atom is 0.358 e. The van der Waals surface area contributed by atoms with Crippen LogP contribution in [-0.4, -0.2) is 56.2 Å². The summed E-state index contributed by atoms with van der Waals surface area (Å²) in [4.78, 5) is 17.2. The number of hydrogen-bond acceptors (Lipinski definition) is 6. The third kappa shape index (κ3) is 2.70. The Morgan fingerprint density at radius 2 is 2.33 bits per heavy atom. The number of methoxy groups -OCH3 is 1. The van der Waals surface area contributed by atoms with Crippen molar-refractivity contribution < 1.29 is 14.6 Å². The Labute approximate surface area is 121 Å². The third-order valence-electron chi connectivity index (χ3n) is 3.48. The van der Waals surface area contributed by atoms with Gasteiger partial charge in [-0.3, -0.25) is 4.90 Å². The molecular formula is C13H15N5O3. The molecule has 2 aromatic rings. The SMILES string of the molecule is COc1ncccc1CN1CC(n2cc(C(=O)O)nn2)C1. The monoisotopic (exact) mass is 289 g/mol. The Kier molecular flexibility index (Phi) is 3.53. The molecular weight excluding hydrogens is 274 g/mol. The molecule has 0 aliphatic carbocycles. The highest BCUT2D eigenvalue weighted by molar-refractivity contribution is 5.84. The maximum absolute atomic E-state index is 10.8. The lowest BCUT2D eigenvalue weighted by atomic mass is 10.1. The van der Waals surface area contributed by atoms with Gasteiger partial charge < -0.3 is 9.84 Å². The second kappa shape index (κ2) is 5.49. The molecule has 0 spiro atoms. The normalized spacial score (nSPS) is 15.7. The summed E-state index contributed by atoms with van der Waals surface area (Å²) in [6.45, 7) is 2.33. The Bertz CT molecular complexity index is 651. The number of pyridine rings is 1. The molecule has 3 rings (SSSR count). The highest BCUT2D eigenvalue weighted by Crippen LogP contribution is 2.25. The van der Waals surface area contributed by atoms with Gasteiger partial charge in [0.1, 0.15) is 0 Å². The summed E-state index contributed by atoms with van der Waals surface area (Å²) in [5, 5.41) is 16.3. The van der Waals surface area contributed by atoms with Crippen molar-refractivity contribution in [2.24, 2.45) is 0 Å². The average molecular weight is 289 g/mol. The van der Waals surface area contributed by atoms with Gasteiger partial charge in [0, 0.05) is 31.4 Å². The number of ether oxygens (including phenoxy) is 1. The quantitative estimate of drug-likeness (QED) is 0.853. The van der Waals surface area contributed by atoms with Crippen molar-refractivity contribution in [3.63, 3.8) is 0 Å². The van der Waals surface area contributed by atoms with Gasteiger partial charge in [-0.15, -0.1) is 5.10 Å². The topological polar surface area (TPSA) is 93.4 Å². The summed E-state index contributed by atoms with van der Waals surface area (Å²) < 4.78 is 6.84. The van der Waals surface area contributed by atoms with Crippen molar-refractivity contribution in [2.45, 2.75) is 12.6 Å². The lowest BCUT2D eigenvalue weighted by Crippen LogP contribution is -2.47. The molecule has 21 heavy (non-hydrogen) atoms. The van der Waals surface area contributed by atoms with E-state index in [1.165, 1.54) is 6.20 Å². The van der Waals surface area contributed by atoms with Crippen molar-refractivity contribution in [2.75, 3.05) is 20.2 Å². The van der Waals surface area contributed by atoms with E-state index in [9.17, 15) is 4.79 Å². The second-order valence-electron chi connectivity index (χ2n) is 4.91. The fraction of sp³-hybridized carbons (Fsp3) is 0.385. The van der Waals surface area contributed by atoms with Crippen LogP contribution in [0.3, 0.4) is 0 Å². The summed E-state index contributed by atoms with van der Waals surface area (Å²) in [5.74, 6) is -0.424. The molecule has 1 N–H and O–H groups in total. The first-order valence-electron chi connectivity index (χ1n) is 6.52. The van der Waals surface area contributed by atoms with Crippen LogP contribution in [0.25, 0.3) is 0 Å². The number of carboxylic acid groups (broad SMARTS) is 1. The van der Waals surface area contributed by atoms with Crippen molar-refractivity contribution in [3.05, 3.63) is 35.8 Å². The summed E-state index contributed by atoms with van der Waals surface area (Å²) in [5.41, 5.74) is 1.01. The van der Waals surface area contributed by atoms with Crippen LogP contribution in [0.1, 0.15) is 22.1 Å². The molecule has 1 fully saturated rings. The predicted octanol–water partition coefficient (Wildman–Crippen LogP) is 0.437. The van der Waals surface area contributed by atoms with Crippen LogP contribution in [0.4, 0.5) is 0 Å². The van der Waals surface area contributed by atoms with Gasteiger partial charge in [0.15, 0.2) is 5.69 Å². The van der Waals surface area contributed by atoms with Crippen LogP contribution in [0.2, 0.25) is 0 Å². The van der Waals surface area contributed by atoms with Crippen LogP contribution in [0, 0.1) is 0 Å². The minimum Gasteiger partial charge on any atom is -0.481 e. The molecule has 2 aromatic heterocycles. The molecule has 1 aliphatic rings. The van der Waals surface area contributed by atoms with Gasteiger partial charge >= 0.3 is 5.97 Å². The molecule has 0 unspecified atom stereocenters.